The quantitative estimate of drug-likeness (QED) is 0.431. The third-order valence-electron chi connectivity index (χ3n) is 4.56. The second kappa shape index (κ2) is 8.18. The Morgan fingerprint density at radius 3 is 2.17 bits per heavy atom. The minimum Gasteiger partial charge on any atom is -0.322 e. The normalized spacial score (nSPS) is 11.2. The Kier molecular flexibility index (Phi) is 5.44. The highest BCUT2D eigenvalue weighted by atomic mass is 35.5. The maximum absolute atomic E-state index is 12.8. The number of halogens is 1. The van der Waals surface area contributed by atoms with E-state index in [4.69, 9.17) is 11.6 Å². The summed E-state index contributed by atoms with van der Waals surface area (Å²) in [4.78, 5) is 12.4. The lowest BCUT2D eigenvalue weighted by atomic mass is 10.1. The van der Waals surface area contributed by atoms with Crippen molar-refractivity contribution in [3.05, 3.63) is 102 Å². The highest BCUT2D eigenvalue weighted by Gasteiger charge is 2.16. The van der Waals surface area contributed by atoms with Gasteiger partial charge in [-0.25, -0.2) is 8.42 Å². The number of rotatable bonds is 5. The van der Waals surface area contributed by atoms with Gasteiger partial charge >= 0.3 is 0 Å². The molecule has 150 valence electrons. The molecule has 4 aromatic carbocycles. The van der Waals surface area contributed by atoms with Gasteiger partial charge in [-0.05, 0) is 60.0 Å². The predicted octanol–water partition coefficient (Wildman–Crippen LogP) is 5.55. The zero-order valence-corrected chi connectivity index (χ0v) is 17.2. The smallest absolute Gasteiger partial charge is 0.261 e. The molecule has 0 bridgehead atoms. The standard InChI is InChI=1S/C23H17ClN2O3S/c24-18-10-8-17(9-11-18)23(27)25-19-12-14-20(15-13-19)30(28,29)26-22-7-3-5-16-4-1-2-6-21(16)22/h1-15,26H,(H,25,27). The van der Waals surface area contributed by atoms with Gasteiger partial charge in [-0.2, -0.15) is 0 Å². The molecule has 0 saturated heterocycles. The SMILES string of the molecule is O=C(Nc1ccc(S(=O)(=O)Nc2cccc3ccccc23)cc1)c1ccc(Cl)cc1. The average molecular weight is 437 g/mol. The van der Waals surface area contributed by atoms with Gasteiger partial charge < -0.3 is 5.32 Å². The van der Waals surface area contributed by atoms with E-state index >= 15 is 0 Å². The van der Waals surface area contributed by atoms with Crippen molar-refractivity contribution >= 4 is 49.7 Å². The van der Waals surface area contributed by atoms with Gasteiger partial charge in [-0.3, -0.25) is 9.52 Å². The van der Waals surface area contributed by atoms with Gasteiger partial charge in [-0.1, -0.05) is 48.0 Å². The summed E-state index contributed by atoms with van der Waals surface area (Å²) in [6.45, 7) is 0. The van der Waals surface area contributed by atoms with E-state index in [0.29, 0.717) is 22.0 Å². The maximum Gasteiger partial charge on any atom is 0.261 e. The van der Waals surface area contributed by atoms with Crippen LogP contribution < -0.4 is 10.0 Å². The fraction of sp³-hybridized carbons (Fsp3) is 0. The molecule has 0 saturated carbocycles. The number of hydrogen-bond donors (Lipinski definition) is 2. The van der Waals surface area contributed by atoms with Crippen molar-refractivity contribution in [2.45, 2.75) is 4.90 Å². The molecule has 5 nitrogen and oxygen atoms in total. The van der Waals surface area contributed by atoms with Crippen LogP contribution in [0.5, 0.6) is 0 Å². The first kappa shape index (κ1) is 19.9. The van der Waals surface area contributed by atoms with E-state index in [-0.39, 0.29) is 10.8 Å². The van der Waals surface area contributed by atoms with Crippen LogP contribution in [-0.2, 0) is 10.0 Å². The largest absolute Gasteiger partial charge is 0.322 e. The molecule has 4 aromatic rings. The highest BCUT2D eigenvalue weighted by Crippen LogP contribution is 2.26. The van der Waals surface area contributed by atoms with E-state index in [1.807, 2.05) is 30.3 Å². The number of sulfonamides is 1. The van der Waals surface area contributed by atoms with Gasteiger partial charge in [0, 0.05) is 21.7 Å². The zero-order valence-electron chi connectivity index (χ0n) is 15.7. The van der Waals surface area contributed by atoms with Gasteiger partial charge in [0.25, 0.3) is 15.9 Å². The number of anilines is 2. The van der Waals surface area contributed by atoms with Gasteiger partial charge in [-0.15, -0.1) is 0 Å². The van der Waals surface area contributed by atoms with E-state index in [1.54, 1.807) is 48.5 Å². The Hall–Kier alpha value is -3.35. The van der Waals surface area contributed by atoms with E-state index in [1.165, 1.54) is 12.1 Å². The van der Waals surface area contributed by atoms with Crippen molar-refractivity contribution in [3.8, 4) is 0 Å². The Balaban J connectivity index is 1.52. The lowest BCUT2D eigenvalue weighted by Crippen LogP contribution is -2.14. The van der Waals surface area contributed by atoms with Crippen LogP contribution in [-0.4, -0.2) is 14.3 Å². The number of amides is 1. The van der Waals surface area contributed by atoms with Crippen LogP contribution >= 0.6 is 11.6 Å². The molecule has 0 aliphatic carbocycles. The fourth-order valence-corrected chi connectivity index (χ4v) is 4.25. The number of hydrogen-bond acceptors (Lipinski definition) is 3. The monoisotopic (exact) mass is 436 g/mol. The van der Waals surface area contributed by atoms with Crippen molar-refractivity contribution in [2.75, 3.05) is 10.0 Å². The van der Waals surface area contributed by atoms with E-state index < -0.39 is 10.0 Å². The van der Waals surface area contributed by atoms with Crippen LogP contribution in [0, 0.1) is 0 Å². The van der Waals surface area contributed by atoms with Crippen molar-refractivity contribution in [1.82, 2.24) is 0 Å². The average Bonchev–Trinajstić information content (AvgIpc) is 2.75. The molecule has 1 amide bonds. The van der Waals surface area contributed by atoms with Crippen molar-refractivity contribution in [2.24, 2.45) is 0 Å². The summed E-state index contributed by atoms with van der Waals surface area (Å²) in [5.41, 5.74) is 1.45. The molecule has 0 aliphatic heterocycles. The van der Waals surface area contributed by atoms with Crippen LogP contribution in [0.3, 0.4) is 0 Å². The summed E-state index contributed by atoms with van der Waals surface area (Å²) in [6, 6.07) is 25.5. The summed E-state index contributed by atoms with van der Waals surface area (Å²) in [6.07, 6.45) is 0. The first-order chi connectivity index (χ1) is 14.4. The Morgan fingerprint density at radius 1 is 0.767 bits per heavy atom. The third-order valence-corrected chi connectivity index (χ3v) is 6.20. The van der Waals surface area contributed by atoms with Gasteiger partial charge in [0.15, 0.2) is 0 Å². The summed E-state index contributed by atoms with van der Waals surface area (Å²) in [7, 11) is -3.78. The van der Waals surface area contributed by atoms with Crippen LogP contribution in [0.2, 0.25) is 5.02 Å². The first-order valence-electron chi connectivity index (χ1n) is 9.10. The molecule has 30 heavy (non-hydrogen) atoms. The summed E-state index contributed by atoms with van der Waals surface area (Å²) >= 11 is 5.83. The molecule has 0 aromatic heterocycles. The van der Waals surface area contributed by atoms with Crippen LogP contribution in [0.15, 0.2) is 95.9 Å². The van der Waals surface area contributed by atoms with Crippen molar-refractivity contribution in [3.63, 3.8) is 0 Å². The molecular weight excluding hydrogens is 420 g/mol. The molecular formula is C23H17ClN2O3S. The Labute approximate surface area is 179 Å². The van der Waals surface area contributed by atoms with Gasteiger partial charge in [0.2, 0.25) is 0 Å². The molecule has 0 atom stereocenters. The van der Waals surface area contributed by atoms with Crippen molar-refractivity contribution in [1.29, 1.82) is 0 Å². The number of benzene rings is 4. The predicted molar refractivity (Wildman–Crippen MR) is 121 cm³/mol. The number of carbonyl (C=O) groups excluding carboxylic acids is 1. The van der Waals surface area contributed by atoms with Crippen LogP contribution in [0.25, 0.3) is 10.8 Å². The first-order valence-corrected chi connectivity index (χ1v) is 11.0. The van der Waals surface area contributed by atoms with E-state index in [2.05, 4.69) is 10.0 Å². The highest BCUT2D eigenvalue weighted by molar-refractivity contribution is 7.92. The summed E-state index contributed by atoms with van der Waals surface area (Å²) < 4.78 is 28.3. The molecule has 0 fully saturated rings. The van der Waals surface area contributed by atoms with E-state index in [9.17, 15) is 13.2 Å². The molecule has 7 heteroatoms. The lowest BCUT2D eigenvalue weighted by molar-refractivity contribution is 0.102. The number of nitrogens with one attached hydrogen (secondary N) is 2. The van der Waals surface area contributed by atoms with Crippen LogP contribution in [0.4, 0.5) is 11.4 Å². The summed E-state index contributed by atoms with van der Waals surface area (Å²) in [5.74, 6) is -0.309. The van der Waals surface area contributed by atoms with E-state index in [0.717, 1.165) is 10.8 Å². The number of carbonyl (C=O) groups is 1. The maximum atomic E-state index is 12.8. The summed E-state index contributed by atoms with van der Waals surface area (Å²) in [5, 5.41) is 5.03. The Morgan fingerprint density at radius 2 is 1.43 bits per heavy atom. The molecule has 0 unspecified atom stereocenters. The number of fused-ring (bicyclic) bond motifs is 1. The van der Waals surface area contributed by atoms with Crippen LogP contribution in [0.1, 0.15) is 10.4 Å². The molecule has 0 heterocycles. The fourth-order valence-electron chi connectivity index (χ4n) is 3.04. The van der Waals surface area contributed by atoms with Gasteiger partial charge in [0.1, 0.15) is 0 Å². The molecule has 2 N–H and O–H groups in total. The Bertz CT molecular complexity index is 1310. The second-order valence-electron chi connectivity index (χ2n) is 6.62. The second-order valence-corrected chi connectivity index (χ2v) is 8.74. The van der Waals surface area contributed by atoms with Gasteiger partial charge in [0.05, 0.1) is 10.6 Å². The molecule has 4 rings (SSSR count). The molecule has 0 aliphatic rings. The third kappa shape index (κ3) is 4.30. The van der Waals surface area contributed by atoms with Crippen molar-refractivity contribution < 1.29 is 13.2 Å². The molecule has 0 radical (unpaired) electrons. The topological polar surface area (TPSA) is 75.3 Å². The minimum atomic E-state index is -3.78. The lowest BCUT2D eigenvalue weighted by Gasteiger charge is -2.11. The zero-order chi connectivity index (χ0) is 21.1. The molecule has 0 spiro atoms. The minimum absolute atomic E-state index is 0.0972.